The molecule has 0 unspecified atom stereocenters. The van der Waals surface area contributed by atoms with Crippen LogP contribution >= 0.6 is 0 Å². The van der Waals surface area contributed by atoms with Gasteiger partial charge in [-0.3, -0.25) is 14.4 Å². The van der Waals surface area contributed by atoms with Crippen molar-refractivity contribution in [3.8, 4) is 0 Å². The van der Waals surface area contributed by atoms with E-state index in [9.17, 15) is 18.8 Å². The van der Waals surface area contributed by atoms with Crippen LogP contribution < -0.4 is 16.4 Å². The van der Waals surface area contributed by atoms with Crippen LogP contribution in [-0.2, 0) is 16.1 Å². The van der Waals surface area contributed by atoms with Crippen LogP contribution in [0.15, 0.2) is 48.5 Å². The minimum Gasteiger partial charge on any atom is -0.366 e. The van der Waals surface area contributed by atoms with Crippen LogP contribution in [0.5, 0.6) is 0 Å². The largest absolute Gasteiger partial charge is 0.366 e. The van der Waals surface area contributed by atoms with Gasteiger partial charge in [-0.25, -0.2) is 4.39 Å². The Balaban J connectivity index is 1.96. The van der Waals surface area contributed by atoms with Gasteiger partial charge in [-0.05, 0) is 29.8 Å². The highest BCUT2D eigenvalue weighted by Gasteiger charge is 2.16. The van der Waals surface area contributed by atoms with Crippen molar-refractivity contribution in [1.82, 2.24) is 5.32 Å². The Hall–Kier alpha value is -3.22. The molecule has 6 nitrogen and oxygen atoms in total. The Morgan fingerprint density at radius 1 is 0.957 bits per heavy atom. The number of para-hydroxylation sites is 1. The maximum atomic E-state index is 12.8. The molecule has 0 spiro atoms. The molecule has 0 bridgehead atoms. The fourth-order valence-electron chi connectivity index (χ4n) is 1.85. The average Bonchev–Trinajstić information content (AvgIpc) is 2.54. The molecule has 3 amide bonds. The van der Waals surface area contributed by atoms with E-state index in [0.29, 0.717) is 5.56 Å². The molecule has 23 heavy (non-hydrogen) atoms. The van der Waals surface area contributed by atoms with E-state index < -0.39 is 17.7 Å². The minimum absolute atomic E-state index is 0.0734. The fraction of sp³-hybridized carbons (Fsp3) is 0.0625. The summed E-state index contributed by atoms with van der Waals surface area (Å²) >= 11 is 0. The van der Waals surface area contributed by atoms with Crippen LogP contribution in [0.3, 0.4) is 0 Å². The Morgan fingerprint density at radius 3 is 2.26 bits per heavy atom. The molecule has 118 valence electrons. The molecule has 0 saturated heterocycles. The molecule has 0 fully saturated rings. The molecule has 0 heterocycles. The molecule has 4 N–H and O–H groups in total. The number of carbonyl (C=O) groups excluding carboxylic acids is 3. The molecular weight excluding hydrogens is 301 g/mol. The highest BCUT2D eigenvalue weighted by molar-refractivity contribution is 6.40. The lowest BCUT2D eigenvalue weighted by Crippen LogP contribution is -2.35. The average molecular weight is 315 g/mol. The van der Waals surface area contributed by atoms with Gasteiger partial charge in [0.2, 0.25) is 0 Å². The van der Waals surface area contributed by atoms with E-state index in [-0.39, 0.29) is 23.6 Å². The zero-order valence-corrected chi connectivity index (χ0v) is 12.0. The van der Waals surface area contributed by atoms with Crippen LogP contribution in [-0.4, -0.2) is 17.7 Å². The van der Waals surface area contributed by atoms with Gasteiger partial charge in [-0.15, -0.1) is 0 Å². The second-order valence-electron chi connectivity index (χ2n) is 4.67. The highest BCUT2D eigenvalue weighted by Crippen LogP contribution is 2.13. The van der Waals surface area contributed by atoms with Gasteiger partial charge in [0.15, 0.2) is 0 Å². The zero-order valence-electron chi connectivity index (χ0n) is 12.0. The summed E-state index contributed by atoms with van der Waals surface area (Å²) in [5.41, 5.74) is 6.09. The monoisotopic (exact) mass is 315 g/mol. The minimum atomic E-state index is -0.930. The molecular formula is C16H14FN3O3. The van der Waals surface area contributed by atoms with Crippen molar-refractivity contribution < 1.29 is 18.8 Å². The molecule has 0 atom stereocenters. The Bertz CT molecular complexity index is 744. The van der Waals surface area contributed by atoms with Crippen molar-refractivity contribution in [1.29, 1.82) is 0 Å². The van der Waals surface area contributed by atoms with Crippen molar-refractivity contribution in [3.05, 3.63) is 65.5 Å². The standard InChI is InChI=1S/C16H14FN3O3/c17-11-7-5-10(6-8-11)9-19-15(22)16(23)20-13-4-2-1-3-12(13)14(18)21/h1-8H,9H2,(H2,18,21)(H,19,22)(H,20,23). The molecule has 7 heteroatoms. The molecule has 0 aliphatic heterocycles. The van der Waals surface area contributed by atoms with Gasteiger partial charge in [0.25, 0.3) is 5.91 Å². The van der Waals surface area contributed by atoms with E-state index in [1.807, 2.05) is 0 Å². The molecule has 0 aliphatic rings. The number of carbonyl (C=O) groups is 3. The van der Waals surface area contributed by atoms with Crippen molar-refractivity contribution in [2.75, 3.05) is 5.32 Å². The van der Waals surface area contributed by atoms with Crippen LogP contribution in [0, 0.1) is 5.82 Å². The van der Waals surface area contributed by atoms with Gasteiger partial charge in [0, 0.05) is 6.54 Å². The van der Waals surface area contributed by atoms with Gasteiger partial charge in [-0.2, -0.15) is 0 Å². The first-order chi connectivity index (χ1) is 11.0. The number of hydrogen-bond donors (Lipinski definition) is 3. The van der Waals surface area contributed by atoms with Crippen molar-refractivity contribution in [2.45, 2.75) is 6.54 Å². The molecule has 2 rings (SSSR count). The van der Waals surface area contributed by atoms with E-state index in [4.69, 9.17) is 5.73 Å². The number of rotatable bonds is 4. The summed E-state index contributed by atoms with van der Waals surface area (Å²) in [5.74, 6) is -2.91. The van der Waals surface area contributed by atoms with Gasteiger partial charge >= 0.3 is 11.8 Å². The number of hydrogen-bond acceptors (Lipinski definition) is 3. The summed E-state index contributed by atoms with van der Waals surface area (Å²) in [4.78, 5) is 34.8. The van der Waals surface area contributed by atoms with E-state index in [1.54, 1.807) is 12.1 Å². The number of amides is 3. The third kappa shape index (κ3) is 4.37. The molecule has 0 saturated carbocycles. The highest BCUT2D eigenvalue weighted by atomic mass is 19.1. The number of benzene rings is 2. The summed E-state index contributed by atoms with van der Waals surface area (Å²) in [6.07, 6.45) is 0. The molecule has 2 aromatic rings. The van der Waals surface area contributed by atoms with Crippen LogP contribution in [0.2, 0.25) is 0 Å². The summed E-state index contributed by atoms with van der Waals surface area (Å²) in [7, 11) is 0. The van der Waals surface area contributed by atoms with Crippen molar-refractivity contribution >= 4 is 23.4 Å². The van der Waals surface area contributed by atoms with E-state index in [1.165, 1.54) is 36.4 Å². The van der Waals surface area contributed by atoms with Gasteiger partial charge < -0.3 is 16.4 Å². The van der Waals surface area contributed by atoms with Crippen LogP contribution in [0.1, 0.15) is 15.9 Å². The number of primary amides is 1. The molecule has 0 aromatic heterocycles. The first-order valence-corrected chi connectivity index (χ1v) is 6.70. The zero-order chi connectivity index (χ0) is 16.8. The number of anilines is 1. The van der Waals surface area contributed by atoms with Crippen LogP contribution in [0.25, 0.3) is 0 Å². The second kappa shape index (κ2) is 7.17. The first-order valence-electron chi connectivity index (χ1n) is 6.70. The predicted octanol–water partition coefficient (Wildman–Crippen LogP) is 1.18. The Kier molecular flexibility index (Phi) is 5.03. The normalized spacial score (nSPS) is 9.96. The van der Waals surface area contributed by atoms with E-state index in [0.717, 1.165) is 0 Å². The van der Waals surface area contributed by atoms with Gasteiger partial charge in [0.1, 0.15) is 5.82 Å². The van der Waals surface area contributed by atoms with Gasteiger partial charge in [0.05, 0.1) is 11.3 Å². The first kappa shape index (κ1) is 16.2. The van der Waals surface area contributed by atoms with Crippen LogP contribution in [0.4, 0.5) is 10.1 Å². The molecule has 0 radical (unpaired) electrons. The topological polar surface area (TPSA) is 101 Å². The lowest BCUT2D eigenvalue weighted by Gasteiger charge is -2.09. The molecule has 2 aromatic carbocycles. The third-order valence-corrected chi connectivity index (χ3v) is 3.01. The fourth-order valence-corrected chi connectivity index (χ4v) is 1.85. The summed E-state index contributed by atoms with van der Waals surface area (Å²) in [6.45, 7) is 0.0734. The summed E-state index contributed by atoms with van der Waals surface area (Å²) in [6, 6.07) is 11.6. The number of nitrogens with one attached hydrogen (secondary N) is 2. The van der Waals surface area contributed by atoms with E-state index in [2.05, 4.69) is 10.6 Å². The van der Waals surface area contributed by atoms with Crippen molar-refractivity contribution in [2.24, 2.45) is 5.73 Å². The SMILES string of the molecule is NC(=O)c1ccccc1NC(=O)C(=O)NCc1ccc(F)cc1. The third-order valence-electron chi connectivity index (χ3n) is 3.01. The van der Waals surface area contributed by atoms with E-state index >= 15 is 0 Å². The second-order valence-corrected chi connectivity index (χ2v) is 4.67. The number of nitrogens with two attached hydrogens (primary N) is 1. The van der Waals surface area contributed by atoms with Crippen molar-refractivity contribution in [3.63, 3.8) is 0 Å². The lowest BCUT2D eigenvalue weighted by molar-refractivity contribution is -0.136. The summed E-state index contributed by atoms with van der Waals surface area (Å²) in [5, 5.41) is 4.72. The maximum absolute atomic E-state index is 12.8. The smallest absolute Gasteiger partial charge is 0.313 e. The Labute approximate surface area is 131 Å². The van der Waals surface area contributed by atoms with Gasteiger partial charge in [-0.1, -0.05) is 24.3 Å². The maximum Gasteiger partial charge on any atom is 0.313 e. The quantitative estimate of drug-likeness (QED) is 0.738. The number of halogens is 1. The summed E-state index contributed by atoms with van der Waals surface area (Å²) < 4.78 is 12.8. The Morgan fingerprint density at radius 2 is 1.61 bits per heavy atom. The molecule has 0 aliphatic carbocycles. The predicted molar refractivity (Wildman–Crippen MR) is 81.8 cm³/mol. The lowest BCUT2D eigenvalue weighted by atomic mass is 10.1.